The predicted molar refractivity (Wildman–Crippen MR) is 79.3 cm³/mol. The molecule has 0 saturated carbocycles. The topological polar surface area (TPSA) is 113 Å². The van der Waals surface area contributed by atoms with Crippen LogP contribution in [-0.2, 0) is 4.74 Å². The van der Waals surface area contributed by atoms with Crippen LogP contribution in [-0.4, -0.2) is 61.3 Å². The fourth-order valence-electron chi connectivity index (χ4n) is 2.67. The van der Waals surface area contributed by atoms with Crippen LogP contribution >= 0.6 is 0 Å². The van der Waals surface area contributed by atoms with Gasteiger partial charge in [0.25, 0.3) is 0 Å². The number of hydrogen-bond acceptors (Lipinski definition) is 7. The van der Waals surface area contributed by atoms with E-state index in [0.29, 0.717) is 5.65 Å². The summed E-state index contributed by atoms with van der Waals surface area (Å²) in [6, 6.07) is 1.84. The van der Waals surface area contributed by atoms with Gasteiger partial charge >= 0.3 is 0 Å². The van der Waals surface area contributed by atoms with Crippen LogP contribution in [0, 0.1) is 0 Å². The second kappa shape index (κ2) is 6.17. The summed E-state index contributed by atoms with van der Waals surface area (Å²) in [5.41, 5.74) is 0.600. The number of nitrogens with one attached hydrogen (secondary N) is 1. The number of hydrogen-bond donors (Lipinski definition) is 4. The Labute approximate surface area is 127 Å². The minimum Gasteiger partial charge on any atom is -0.394 e. The molecule has 2 aromatic heterocycles. The number of anilines is 1. The number of rotatable bonds is 5. The first-order chi connectivity index (χ1) is 10.7. The first kappa shape index (κ1) is 15.2. The summed E-state index contributed by atoms with van der Waals surface area (Å²) < 4.78 is 7.19. The summed E-state index contributed by atoms with van der Waals surface area (Å²) in [5.74, 6) is 0.720. The van der Waals surface area contributed by atoms with Crippen molar-refractivity contribution in [3.63, 3.8) is 0 Å². The highest BCUT2D eigenvalue weighted by molar-refractivity contribution is 5.87. The van der Waals surface area contributed by atoms with E-state index in [4.69, 9.17) is 4.74 Å². The second-order valence-corrected chi connectivity index (χ2v) is 5.34. The van der Waals surface area contributed by atoms with Crippen molar-refractivity contribution in [2.24, 2.45) is 0 Å². The lowest BCUT2D eigenvalue weighted by Gasteiger charge is -2.17. The molecule has 0 amide bonds. The molecule has 0 spiro atoms. The molecule has 4 N–H and O–H groups in total. The molecule has 1 aliphatic heterocycles. The summed E-state index contributed by atoms with van der Waals surface area (Å²) in [4.78, 5) is 8.46. The highest BCUT2D eigenvalue weighted by Crippen LogP contribution is 2.32. The molecule has 1 saturated heterocycles. The Bertz CT molecular complexity index is 647. The molecular formula is C14H20N4O4. The molecule has 3 heterocycles. The second-order valence-electron chi connectivity index (χ2n) is 5.34. The molecule has 22 heavy (non-hydrogen) atoms. The third-order valence-corrected chi connectivity index (χ3v) is 3.84. The van der Waals surface area contributed by atoms with E-state index in [0.717, 1.165) is 24.2 Å². The molecule has 2 aromatic rings. The Kier molecular flexibility index (Phi) is 4.25. The lowest BCUT2D eigenvalue weighted by Crippen LogP contribution is -2.33. The van der Waals surface area contributed by atoms with Crippen LogP contribution in [0.1, 0.15) is 19.6 Å². The van der Waals surface area contributed by atoms with E-state index in [9.17, 15) is 15.3 Å². The molecule has 0 bridgehead atoms. The van der Waals surface area contributed by atoms with Crippen molar-refractivity contribution >= 4 is 16.9 Å². The van der Waals surface area contributed by atoms with Gasteiger partial charge in [-0.15, -0.1) is 0 Å². The summed E-state index contributed by atoms with van der Waals surface area (Å²) in [5, 5.41) is 33.2. The van der Waals surface area contributed by atoms with Crippen molar-refractivity contribution < 1.29 is 20.1 Å². The maximum atomic E-state index is 10.1. The number of aliphatic hydroxyl groups excluding tert-OH is 3. The molecule has 0 aliphatic carbocycles. The maximum Gasteiger partial charge on any atom is 0.164 e. The van der Waals surface area contributed by atoms with E-state index in [1.54, 1.807) is 10.8 Å². The number of fused-ring (bicyclic) bond motifs is 1. The Morgan fingerprint density at radius 3 is 2.82 bits per heavy atom. The first-order valence-electron chi connectivity index (χ1n) is 7.35. The third-order valence-electron chi connectivity index (χ3n) is 3.84. The molecule has 0 radical (unpaired) electrons. The molecule has 3 rings (SSSR count). The van der Waals surface area contributed by atoms with Crippen LogP contribution in [0.25, 0.3) is 11.0 Å². The van der Waals surface area contributed by atoms with Crippen LogP contribution < -0.4 is 5.32 Å². The van der Waals surface area contributed by atoms with Crippen molar-refractivity contribution in [1.29, 1.82) is 0 Å². The van der Waals surface area contributed by atoms with E-state index in [2.05, 4.69) is 22.2 Å². The van der Waals surface area contributed by atoms with Gasteiger partial charge in [0.15, 0.2) is 6.23 Å². The highest BCUT2D eigenvalue weighted by Gasteiger charge is 2.43. The first-order valence-corrected chi connectivity index (χ1v) is 7.35. The molecule has 8 heteroatoms. The summed E-state index contributed by atoms with van der Waals surface area (Å²) >= 11 is 0. The number of ether oxygens (including phenoxy) is 1. The molecule has 8 nitrogen and oxygen atoms in total. The zero-order valence-electron chi connectivity index (χ0n) is 12.3. The largest absolute Gasteiger partial charge is 0.394 e. The van der Waals surface area contributed by atoms with Crippen molar-refractivity contribution in [2.75, 3.05) is 18.5 Å². The third kappa shape index (κ3) is 2.44. The average Bonchev–Trinajstić information content (AvgIpc) is 3.08. The Morgan fingerprint density at radius 1 is 1.32 bits per heavy atom. The monoisotopic (exact) mass is 308 g/mol. The van der Waals surface area contributed by atoms with Gasteiger partial charge in [-0.3, -0.25) is 0 Å². The Hall–Kier alpha value is -1.74. The summed E-state index contributed by atoms with van der Waals surface area (Å²) in [7, 11) is 0. The molecule has 0 unspecified atom stereocenters. The van der Waals surface area contributed by atoms with Gasteiger partial charge in [-0.2, -0.15) is 0 Å². The number of aliphatic hydroxyl groups is 3. The normalized spacial score (nSPS) is 28.4. The minimum atomic E-state index is -1.13. The van der Waals surface area contributed by atoms with Crippen molar-refractivity contribution in [3.8, 4) is 0 Å². The highest BCUT2D eigenvalue weighted by atomic mass is 16.6. The molecule has 1 aliphatic rings. The van der Waals surface area contributed by atoms with Crippen LogP contribution in [0.5, 0.6) is 0 Å². The van der Waals surface area contributed by atoms with E-state index in [-0.39, 0.29) is 6.61 Å². The van der Waals surface area contributed by atoms with Gasteiger partial charge in [0.05, 0.1) is 12.0 Å². The molecule has 1 fully saturated rings. The average molecular weight is 308 g/mol. The lowest BCUT2D eigenvalue weighted by atomic mass is 10.1. The summed E-state index contributed by atoms with van der Waals surface area (Å²) in [6.45, 7) is 2.51. The minimum absolute atomic E-state index is 0.355. The lowest BCUT2D eigenvalue weighted by molar-refractivity contribution is -0.0508. The van der Waals surface area contributed by atoms with E-state index in [1.807, 2.05) is 6.07 Å². The zero-order chi connectivity index (χ0) is 15.7. The van der Waals surface area contributed by atoms with Crippen LogP contribution in [0.3, 0.4) is 0 Å². The predicted octanol–water partition coefficient (Wildman–Crippen LogP) is -0.135. The van der Waals surface area contributed by atoms with Gasteiger partial charge in [-0.25, -0.2) is 9.97 Å². The quantitative estimate of drug-likeness (QED) is 0.608. The van der Waals surface area contributed by atoms with Crippen molar-refractivity contribution in [1.82, 2.24) is 14.5 Å². The molecule has 0 aromatic carbocycles. The van der Waals surface area contributed by atoms with Gasteiger partial charge in [0.2, 0.25) is 0 Å². The van der Waals surface area contributed by atoms with E-state index < -0.39 is 24.5 Å². The van der Waals surface area contributed by atoms with Crippen molar-refractivity contribution in [3.05, 3.63) is 18.6 Å². The van der Waals surface area contributed by atoms with Gasteiger partial charge in [-0.05, 0) is 12.5 Å². The zero-order valence-corrected chi connectivity index (χ0v) is 12.3. The Balaban J connectivity index is 1.95. The number of nitrogens with zero attached hydrogens (tertiary/aromatic N) is 3. The standard InChI is InChI=1S/C14H20N4O4/c1-2-4-15-12-8-3-5-18(13(8)17-7-16-12)14-11(21)10(20)9(6-19)22-14/h3,5,7,9-11,14,19-21H,2,4,6H2,1H3,(H,15,16,17)/t9-,10-,11-,14-/m1/s1. The van der Waals surface area contributed by atoms with Crippen LogP contribution in [0.2, 0.25) is 0 Å². The van der Waals surface area contributed by atoms with Gasteiger partial charge < -0.3 is 29.9 Å². The SMILES string of the molecule is CCCNc1ncnc2c1ccn2[C@@H]1O[C@H](CO)[C@@H](O)[C@H]1O. The smallest absolute Gasteiger partial charge is 0.164 e. The Morgan fingerprint density at radius 2 is 2.14 bits per heavy atom. The fraction of sp³-hybridized carbons (Fsp3) is 0.571. The van der Waals surface area contributed by atoms with Crippen LogP contribution in [0.4, 0.5) is 5.82 Å². The maximum absolute atomic E-state index is 10.1. The van der Waals surface area contributed by atoms with Crippen LogP contribution in [0.15, 0.2) is 18.6 Å². The van der Waals surface area contributed by atoms with Gasteiger partial charge in [0.1, 0.15) is 36.1 Å². The van der Waals surface area contributed by atoms with Gasteiger partial charge in [0, 0.05) is 12.7 Å². The summed E-state index contributed by atoms with van der Waals surface area (Å²) in [6.07, 6.45) is 0.285. The number of aromatic nitrogens is 3. The van der Waals surface area contributed by atoms with E-state index >= 15 is 0 Å². The molecular weight excluding hydrogens is 288 g/mol. The molecule has 120 valence electrons. The van der Waals surface area contributed by atoms with E-state index in [1.165, 1.54) is 6.33 Å². The van der Waals surface area contributed by atoms with Gasteiger partial charge in [-0.1, -0.05) is 6.92 Å². The van der Waals surface area contributed by atoms with Crippen molar-refractivity contribution in [2.45, 2.75) is 37.9 Å². The molecule has 4 atom stereocenters. The fourth-order valence-corrected chi connectivity index (χ4v) is 2.67.